The molecule has 0 bridgehead atoms. The molecule has 0 radical (unpaired) electrons. The minimum absolute atomic E-state index is 0.176. The molecule has 112 valence electrons. The van der Waals surface area contributed by atoms with Gasteiger partial charge in [-0.15, -0.1) is 10.2 Å². The Morgan fingerprint density at radius 1 is 1.40 bits per heavy atom. The molecule has 0 saturated carbocycles. The summed E-state index contributed by atoms with van der Waals surface area (Å²) in [5.74, 6) is 0.669. The van der Waals surface area contributed by atoms with Gasteiger partial charge >= 0.3 is 6.03 Å². The van der Waals surface area contributed by atoms with E-state index in [0.29, 0.717) is 24.1 Å². The van der Waals surface area contributed by atoms with Gasteiger partial charge in [-0.3, -0.25) is 5.32 Å². The van der Waals surface area contributed by atoms with Gasteiger partial charge in [0.15, 0.2) is 10.6 Å². The Hall–Kier alpha value is -0.900. The minimum atomic E-state index is -0.288. The summed E-state index contributed by atoms with van der Waals surface area (Å²) in [7, 11) is 0. The molecule has 2 rings (SSSR count). The lowest BCUT2D eigenvalue weighted by Crippen LogP contribution is -2.43. The molecular weight excluding hydrogens is 300 g/mol. The molecule has 2 N–H and O–H groups in total. The fourth-order valence-electron chi connectivity index (χ4n) is 1.43. The van der Waals surface area contributed by atoms with E-state index in [1.54, 1.807) is 0 Å². The molecule has 0 unspecified atom stereocenters. The third kappa shape index (κ3) is 5.23. The van der Waals surface area contributed by atoms with Crippen LogP contribution in [0.15, 0.2) is 4.34 Å². The summed E-state index contributed by atoms with van der Waals surface area (Å²) in [5.41, 5.74) is -0.288. The van der Waals surface area contributed by atoms with E-state index in [4.69, 9.17) is 9.47 Å². The molecule has 9 heteroatoms. The van der Waals surface area contributed by atoms with E-state index in [0.717, 1.165) is 4.34 Å². The average molecular weight is 318 g/mol. The normalized spacial score (nSPS) is 16.4. The predicted molar refractivity (Wildman–Crippen MR) is 78.2 cm³/mol. The lowest BCUT2D eigenvalue weighted by molar-refractivity contribution is -0.0214. The standard InChI is InChI=1S/C11H18N4O3S2/c1-11(2,3)13-8(16)12-9-14-15-10(20-9)19-6-7-17-4-5-18-7/h7H,4-6H2,1-3H3,(H2,12,13,14,16). The molecule has 20 heavy (non-hydrogen) atoms. The molecule has 0 aliphatic carbocycles. The van der Waals surface area contributed by atoms with Crippen LogP contribution in [0.5, 0.6) is 0 Å². The predicted octanol–water partition coefficient (Wildman–Crippen LogP) is 1.92. The summed E-state index contributed by atoms with van der Waals surface area (Å²) in [6, 6.07) is -0.285. The maximum absolute atomic E-state index is 11.7. The van der Waals surface area contributed by atoms with E-state index < -0.39 is 0 Å². The number of carbonyl (C=O) groups excluding carboxylic acids is 1. The Bertz CT molecular complexity index is 455. The van der Waals surface area contributed by atoms with Crippen molar-refractivity contribution in [3.63, 3.8) is 0 Å². The Morgan fingerprint density at radius 3 is 2.75 bits per heavy atom. The highest BCUT2D eigenvalue weighted by molar-refractivity contribution is 8.01. The molecule has 2 heterocycles. The fraction of sp³-hybridized carbons (Fsp3) is 0.727. The maximum atomic E-state index is 11.7. The van der Waals surface area contributed by atoms with Gasteiger partial charge in [-0.2, -0.15) is 0 Å². The van der Waals surface area contributed by atoms with Crippen LogP contribution in [0.2, 0.25) is 0 Å². The Balaban J connectivity index is 1.78. The van der Waals surface area contributed by atoms with Crippen LogP contribution in [-0.2, 0) is 9.47 Å². The highest BCUT2D eigenvalue weighted by atomic mass is 32.2. The lowest BCUT2D eigenvalue weighted by Gasteiger charge is -2.19. The zero-order valence-corrected chi connectivity index (χ0v) is 13.3. The average Bonchev–Trinajstić information content (AvgIpc) is 2.94. The number of hydrogen-bond donors (Lipinski definition) is 2. The van der Waals surface area contributed by atoms with Crippen molar-refractivity contribution in [1.82, 2.24) is 15.5 Å². The molecular formula is C11H18N4O3S2. The van der Waals surface area contributed by atoms with E-state index in [1.165, 1.54) is 23.1 Å². The first kappa shape index (κ1) is 15.5. The monoisotopic (exact) mass is 318 g/mol. The second kappa shape index (κ2) is 6.70. The second-order valence-corrected chi connectivity index (χ2v) is 7.43. The van der Waals surface area contributed by atoms with Crippen molar-refractivity contribution in [3.8, 4) is 0 Å². The lowest BCUT2D eigenvalue weighted by atomic mass is 10.1. The number of hydrogen-bond acceptors (Lipinski definition) is 7. The fourth-order valence-corrected chi connectivity index (χ4v) is 3.15. The topological polar surface area (TPSA) is 85.4 Å². The summed E-state index contributed by atoms with van der Waals surface area (Å²) in [6.45, 7) is 7.02. The number of ether oxygens (including phenoxy) is 2. The Morgan fingerprint density at radius 2 is 2.10 bits per heavy atom. The van der Waals surface area contributed by atoms with Crippen LogP contribution in [0, 0.1) is 0 Å². The summed E-state index contributed by atoms with van der Waals surface area (Å²) in [4.78, 5) is 11.7. The van der Waals surface area contributed by atoms with Crippen molar-refractivity contribution in [2.75, 3.05) is 24.3 Å². The molecule has 1 fully saturated rings. The van der Waals surface area contributed by atoms with Gasteiger partial charge in [0.2, 0.25) is 5.13 Å². The van der Waals surface area contributed by atoms with Crippen LogP contribution in [-0.4, -0.2) is 47.0 Å². The number of nitrogens with one attached hydrogen (secondary N) is 2. The first-order valence-corrected chi connectivity index (χ1v) is 8.01. The van der Waals surface area contributed by atoms with Gasteiger partial charge in [0, 0.05) is 5.54 Å². The zero-order chi connectivity index (χ0) is 14.6. The molecule has 7 nitrogen and oxygen atoms in total. The van der Waals surface area contributed by atoms with E-state index in [2.05, 4.69) is 20.8 Å². The van der Waals surface area contributed by atoms with Crippen molar-refractivity contribution < 1.29 is 14.3 Å². The summed E-state index contributed by atoms with van der Waals surface area (Å²) < 4.78 is 11.4. The van der Waals surface area contributed by atoms with Gasteiger partial charge in [-0.05, 0) is 20.8 Å². The molecule has 2 amide bonds. The molecule has 0 atom stereocenters. The number of urea groups is 1. The van der Waals surface area contributed by atoms with Crippen LogP contribution in [0.25, 0.3) is 0 Å². The van der Waals surface area contributed by atoms with E-state index >= 15 is 0 Å². The number of anilines is 1. The van der Waals surface area contributed by atoms with Gasteiger partial charge in [0.1, 0.15) is 0 Å². The third-order valence-electron chi connectivity index (χ3n) is 2.15. The number of carbonyl (C=O) groups is 1. The van der Waals surface area contributed by atoms with Crippen molar-refractivity contribution >= 4 is 34.3 Å². The quantitative estimate of drug-likeness (QED) is 0.652. The molecule has 0 aromatic carbocycles. The Kier molecular flexibility index (Phi) is 5.19. The molecule has 0 spiro atoms. The van der Waals surface area contributed by atoms with Crippen molar-refractivity contribution in [1.29, 1.82) is 0 Å². The summed E-state index contributed by atoms with van der Waals surface area (Å²) in [5, 5.41) is 13.9. The van der Waals surface area contributed by atoms with Crippen LogP contribution in [0.3, 0.4) is 0 Å². The first-order valence-electron chi connectivity index (χ1n) is 6.21. The number of aromatic nitrogens is 2. The molecule has 1 aromatic rings. The van der Waals surface area contributed by atoms with Crippen molar-refractivity contribution in [2.24, 2.45) is 0 Å². The van der Waals surface area contributed by atoms with Crippen molar-refractivity contribution in [3.05, 3.63) is 0 Å². The largest absolute Gasteiger partial charge is 0.349 e. The minimum Gasteiger partial charge on any atom is -0.349 e. The second-order valence-electron chi connectivity index (χ2n) is 5.18. The van der Waals surface area contributed by atoms with Gasteiger partial charge in [0.25, 0.3) is 0 Å². The Labute approximate surface area is 125 Å². The molecule has 1 aliphatic rings. The van der Waals surface area contributed by atoms with E-state index in [1.807, 2.05) is 20.8 Å². The summed E-state index contributed by atoms with van der Waals surface area (Å²) in [6.07, 6.45) is -0.176. The van der Waals surface area contributed by atoms with Gasteiger partial charge in [-0.1, -0.05) is 23.1 Å². The van der Waals surface area contributed by atoms with Crippen LogP contribution >= 0.6 is 23.1 Å². The van der Waals surface area contributed by atoms with Crippen LogP contribution in [0.4, 0.5) is 9.93 Å². The molecule has 1 aliphatic heterocycles. The number of nitrogens with zero attached hydrogens (tertiary/aromatic N) is 2. The number of amides is 2. The summed E-state index contributed by atoms with van der Waals surface area (Å²) >= 11 is 2.83. The van der Waals surface area contributed by atoms with Crippen molar-refractivity contribution in [2.45, 2.75) is 36.9 Å². The molecule has 1 saturated heterocycles. The van der Waals surface area contributed by atoms with Crippen LogP contribution in [0.1, 0.15) is 20.8 Å². The van der Waals surface area contributed by atoms with Gasteiger partial charge < -0.3 is 14.8 Å². The number of thioether (sulfide) groups is 1. The number of rotatable bonds is 4. The zero-order valence-electron chi connectivity index (χ0n) is 11.6. The smallest absolute Gasteiger partial charge is 0.321 e. The van der Waals surface area contributed by atoms with E-state index in [9.17, 15) is 4.79 Å². The SMILES string of the molecule is CC(C)(C)NC(=O)Nc1nnc(SCC2OCCO2)s1. The van der Waals surface area contributed by atoms with Gasteiger partial charge in [-0.25, -0.2) is 4.79 Å². The van der Waals surface area contributed by atoms with E-state index in [-0.39, 0.29) is 17.9 Å². The highest BCUT2D eigenvalue weighted by Gasteiger charge is 2.18. The highest BCUT2D eigenvalue weighted by Crippen LogP contribution is 2.27. The molecule has 1 aromatic heterocycles. The van der Waals surface area contributed by atoms with Gasteiger partial charge in [0.05, 0.1) is 19.0 Å². The third-order valence-corrected chi connectivity index (χ3v) is 4.15. The first-order chi connectivity index (χ1) is 9.42. The van der Waals surface area contributed by atoms with Crippen LogP contribution < -0.4 is 10.6 Å². The maximum Gasteiger partial charge on any atom is 0.321 e.